The van der Waals surface area contributed by atoms with Crippen LogP contribution in [0, 0.1) is 0 Å². The lowest BCUT2D eigenvalue weighted by molar-refractivity contribution is 0.0548. The first-order valence-corrected chi connectivity index (χ1v) is 7.18. The van der Waals surface area contributed by atoms with Gasteiger partial charge in [0.25, 0.3) is 0 Å². The topological polar surface area (TPSA) is 88.1 Å². The minimum absolute atomic E-state index is 0.137. The summed E-state index contributed by atoms with van der Waals surface area (Å²) in [5.74, 6) is 1.33. The molecule has 3 rings (SSSR count). The van der Waals surface area contributed by atoms with Crippen LogP contribution in [0.4, 0.5) is 5.69 Å². The summed E-state index contributed by atoms with van der Waals surface area (Å²) in [6.07, 6.45) is 2.00. The summed E-state index contributed by atoms with van der Waals surface area (Å²) in [6.45, 7) is 3.91. The van der Waals surface area contributed by atoms with E-state index in [1.165, 1.54) is 0 Å². The molecule has 21 heavy (non-hydrogen) atoms. The van der Waals surface area contributed by atoms with Crippen molar-refractivity contribution in [2.75, 3.05) is 25.6 Å². The number of nitrogens with two attached hydrogens (primary N) is 1. The number of nitrogens with zero attached hydrogens (tertiary/aromatic N) is 4. The maximum Gasteiger partial charge on any atom is 0.188 e. The van der Waals surface area contributed by atoms with Crippen LogP contribution in [-0.4, -0.2) is 40.0 Å². The van der Waals surface area contributed by atoms with Crippen molar-refractivity contribution in [1.82, 2.24) is 20.2 Å². The second-order valence-corrected chi connectivity index (χ2v) is 4.97. The smallest absolute Gasteiger partial charge is 0.188 e. The average molecular weight is 289 g/mol. The summed E-state index contributed by atoms with van der Waals surface area (Å²) in [5.41, 5.74) is 7.47. The van der Waals surface area contributed by atoms with Gasteiger partial charge in [-0.3, -0.25) is 0 Å². The van der Waals surface area contributed by atoms with Crippen molar-refractivity contribution in [3.05, 3.63) is 18.2 Å². The summed E-state index contributed by atoms with van der Waals surface area (Å²) >= 11 is 0. The normalized spacial score (nSPS) is 18.6. The molecular weight excluding hydrogens is 270 g/mol. The minimum atomic E-state index is 0.137. The Morgan fingerprint density at radius 3 is 3.14 bits per heavy atom. The van der Waals surface area contributed by atoms with Crippen LogP contribution >= 0.6 is 0 Å². The molecule has 0 spiro atoms. The molecule has 0 amide bonds. The van der Waals surface area contributed by atoms with Crippen molar-refractivity contribution in [3.63, 3.8) is 0 Å². The number of benzene rings is 1. The van der Waals surface area contributed by atoms with E-state index >= 15 is 0 Å². The molecule has 2 aromatic rings. The molecule has 2 heterocycles. The first-order valence-electron chi connectivity index (χ1n) is 7.18. The highest BCUT2D eigenvalue weighted by Crippen LogP contribution is 2.35. The summed E-state index contributed by atoms with van der Waals surface area (Å²) in [7, 11) is 0. The van der Waals surface area contributed by atoms with Crippen molar-refractivity contribution in [1.29, 1.82) is 0 Å². The zero-order valence-electron chi connectivity index (χ0n) is 12.0. The van der Waals surface area contributed by atoms with Crippen LogP contribution in [0.5, 0.6) is 5.75 Å². The molecule has 1 saturated heterocycles. The third kappa shape index (κ3) is 2.69. The predicted octanol–water partition coefficient (Wildman–Crippen LogP) is 1.67. The van der Waals surface area contributed by atoms with Gasteiger partial charge in [-0.15, -0.1) is 5.10 Å². The lowest BCUT2D eigenvalue weighted by atomic mass is 10.1. The van der Waals surface area contributed by atoms with E-state index in [0.717, 1.165) is 25.0 Å². The molecule has 2 N–H and O–H groups in total. The fourth-order valence-corrected chi connectivity index (χ4v) is 2.58. The highest BCUT2D eigenvalue weighted by molar-refractivity contribution is 5.77. The summed E-state index contributed by atoms with van der Waals surface area (Å²) in [5, 5.41) is 12.1. The fourth-order valence-electron chi connectivity index (χ4n) is 2.58. The van der Waals surface area contributed by atoms with Gasteiger partial charge in [-0.05, 0) is 42.3 Å². The van der Waals surface area contributed by atoms with Gasteiger partial charge in [0.15, 0.2) is 5.82 Å². The standard InChI is InChI=1S/C14H19N5O2/c1-2-21-12-7-3-6-11(15)13(12)14-16-17-18-19(14)10-5-4-8-20-9-10/h3,6-7,10H,2,4-5,8-9,15H2,1H3. The number of nitrogen functional groups attached to an aromatic ring is 1. The van der Waals surface area contributed by atoms with E-state index < -0.39 is 0 Å². The molecule has 0 radical (unpaired) electrons. The van der Waals surface area contributed by atoms with Gasteiger partial charge >= 0.3 is 0 Å². The Morgan fingerprint density at radius 1 is 1.48 bits per heavy atom. The van der Waals surface area contributed by atoms with Crippen LogP contribution in [0.3, 0.4) is 0 Å². The molecule has 112 valence electrons. The minimum Gasteiger partial charge on any atom is -0.493 e. The van der Waals surface area contributed by atoms with Crippen molar-refractivity contribution >= 4 is 5.69 Å². The molecular formula is C14H19N5O2. The summed E-state index contributed by atoms with van der Waals surface area (Å²) in [4.78, 5) is 0. The second kappa shape index (κ2) is 6.09. The van der Waals surface area contributed by atoms with Crippen molar-refractivity contribution < 1.29 is 9.47 Å². The molecule has 1 aliphatic rings. The van der Waals surface area contributed by atoms with Gasteiger partial charge in [0.2, 0.25) is 0 Å². The molecule has 1 fully saturated rings. The van der Waals surface area contributed by atoms with Crippen LogP contribution in [0.15, 0.2) is 18.2 Å². The van der Waals surface area contributed by atoms with Gasteiger partial charge < -0.3 is 15.2 Å². The largest absolute Gasteiger partial charge is 0.493 e. The van der Waals surface area contributed by atoms with Crippen LogP contribution in [0.2, 0.25) is 0 Å². The average Bonchev–Trinajstić information content (AvgIpc) is 2.98. The Labute approximate surface area is 123 Å². The van der Waals surface area contributed by atoms with Gasteiger partial charge in [-0.2, -0.15) is 0 Å². The third-order valence-electron chi connectivity index (χ3n) is 3.56. The van der Waals surface area contributed by atoms with E-state index in [4.69, 9.17) is 15.2 Å². The van der Waals surface area contributed by atoms with Crippen LogP contribution in [0.1, 0.15) is 25.8 Å². The number of aromatic nitrogens is 4. The number of ether oxygens (including phenoxy) is 2. The Balaban J connectivity index is 2.03. The molecule has 0 aliphatic carbocycles. The first-order chi connectivity index (χ1) is 10.3. The van der Waals surface area contributed by atoms with E-state index in [1.54, 1.807) is 4.68 Å². The molecule has 1 aromatic carbocycles. The molecule has 7 nitrogen and oxygen atoms in total. The number of hydrogen-bond donors (Lipinski definition) is 1. The zero-order valence-corrected chi connectivity index (χ0v) is 12.0. The van der Waals surface area contributed by atoms with Crippen molar-refractivity contribution in [2.24, 2.45) is 0 Å². The molecule has 1 atom stereocenters. The lowest BCUT2D eigenvalue weighted by Crippen LogP contribution is -2.23. The molecule has 7 heteroatoms. The number of anilines is 1. The van der Waals surface area contributed by atoms with Crippen molar-refractivity contribution in [2.45, 2.75) is 25.8 Å². The molecule has 0 bridgehead atoms. The molecule has 1 unspecified atom stereocenters. The molecule has 1 aromatic heterocycles. The highest BCUT2D eigenvalue weighted by atomic mass is 16.5. The number of tetrazole rings is 1. The van der Waals surface area contributed by atoms with Gasteiger partial charge in [-0.25, -0.2) is 4.68 Å². The van der Waals surface area contributed by atoms with Crippen LogP contribution in [0.25, 0.3) is 11.4 Å². The van der Waals surface area contributed by atoms with E-state index in [9.17, 15) is 0 Å². The summed E-state index contributed by atoms with van der Waals surface area (Å²) in [6, 6.07) is 5.71. The summed E-state index contributed by atoms with van der Waals surface area (Å²) < 4.78 is 13.0. The predicted molar refractivity (Wildman–Crippen MR) is 77.9 cm³/mol. The van der Waals surface area contributed by atoms with E-state index in [-0.39, 0.29) is 6.04 Å². The van der Waals surface area contributed by atoms with Crippen LogP contribution < -0.4 is 10.5 Å². The number of rotatable bonds is 4. The Hall–Kier alpha value is -2.15. The monoisotopic (exact) mass is 289 g/mol. The van der Waals surface area contributed by atoms with Crippen LogP contribution in [-0.2, 0) is 4.74 Å². The lowest BCUT2D eigenvalue weighted by Gasteiger charge is -2.23. The Morgan fingerprint density at radius 2 is 2.38 bits per heavy atom. The van der Waals surface area contributed by atoms with Gasteiger partial charge in [0.1, 0.15) is 5.75 Å². The highest BCUT2D eigenvalue weighted by Gasteiger charge is 2.24. The van der Waals surface area contributed by atoms with E-state index in [2.05, 4.69) is 15.5 Å². The van der Waals surface area contributed by atoms with Crippen molar-refractivity contribution in [3.8, 4) is 17.1 Å². The SMILES string of the molecule is CCOc1cccc(N)c1-c1nnnn1C1CCCOC1. The Bertz CT molecular complexity index is 607. The second-order valence-electron chi connectivity index (χ2n) is 4.97. The van der Waals surface area contributed by atoms with Gasteiger partial charge in [0.05, 0.1) is 24.8 Å². The Kier molecular flexibility index (Phi) is 4.01. The quantitative estimate of drug-likeness (QED) is 0.861. The maximum absolute atomic E-state index is 6.12. The van der Waals surface area contributed by atoms with E-state index in [0.29, 0.717) is 30.5 Å². The number of hydrogen-bond acceptors (Lipinski definition) is 6. The molecule has 1 aliphatic heterocycles. The third-order valence-corrected chi connectivity index (χ3v) is 3.56. The fraction of sp³-hybridized carbons (Fsp3) is 0.500. The van der Waals surface area contributed by atoms with Gasteiger partial charge in [-0.1, -0.05) is 6.07 Å². The van der Waals surface area contributed by atoms with E-state index in [1.807, 2.05) is 25.1 Å². The maximum atomic E-state index is 6.12. The first kappa shape index (κ1) is 13.8. The zero-order chi connectivity index (χ0) is 14.7. The molecule has 0 saturated carbocycles. The van der Waals surface area contributed by atoms with Gasteiger partial charge in [0, 0.05) is 12.3 Å².